The summed E-state index contributed by atoms with van der Waals surface area (Å²) in [4.78, 5) is 61.9. The molecule has 1 unspecified atom stereocenters. The van der Waals surface area contributed by atoms with Crippen molar-refractivity contribution in [3.8, 4) is 0 Å². The molecule has 2 amide bonds. The Morgan fingerprint density at radius 3 is 2.61 bits per heavy atom. The van der Waals surface area contributed by atoms with Crippen LogP contribution in [-0.2, 0) is 15.1 Å². The molecular formula is C26H19N3O6S. The highest BCUT2D eigenvalue weighted by Crippen LogP contribution is 2.54. The fraction of sp³-hybridized carbons (Fsp3) is 0.192. The average Bonchev–Trinajstić information content (AvgIpc) is 3.45. The number of carbonyl (C=O) groups excluding carboxylic acids is 3. The van der Waals surface area contributed by atoms with E-state index in [0.29, 0.717) is 16.9 Å². The van der Waals surface area contributed by atoms with Gasteiger partial charge in [0.05, 0.1) is 23.3 Å². The third-order valence-corrected chi connectivity index (χ3v) is 7.72. The van der Waals surface area contributed by atoms with Crippen molar-refractivity contribution < 1.29 is 23.5 Å². The maximum atomic E-state index is 14.1. The van der Waals surface area contributed by atoms with Crippen LogP contribution in [-0.4, -0.2) is 36.4 Å². The Balaban J connectivity index is 1.72. The number of thiazole rings is 1. The minimum atomic E-state index is -1.83. The number of benzene rings is 2. The molecule has 4 aromatic rings. The second-order valence-electron chi connectivity index (χ2n) is 8.50. The van der Waals surface area contributed by atoms with Gasteiger partial charge in [-0.2, -0.15) is 0 Å². The summed E-state index contributed by atoms with van der Waals surface area (Å²) in [6.45, 7) is 3.49. The molecule has 0 bridgehead atoms. The van der Waals surface area contributed by atoms with Gasteiger partial charge < -0.3 is 14.1 Å². The van der Waals surface area contributed by atoms with Gasteiger partial charge in [-0.1, -0.05) is 41.7 Å². The molecule has 2 aromatic heterocycles. The van der Waals surface area contributed by atoms with Crippen LogP contribution in [0.5, 0.6) is 0 Å². The quantitative estimate of drug-likeness (QED) is 0.395. The lowest BCUT2D eigenvalue weighted by molar-refractivity contribution is -0.121. The van der Waals surface area contributed by atoms with Crippen molar-refractivity contribution >= 4 is 50.9 Å². The zero-order valence-electron chi connectivity index (χ0n) is 19.5. The van der Waals surface area contributed by atoms with Crippen LogP contribution in [0.3, 0.4) is 0 Å². The molecule has 0 saturated heterocycles. The third-order valence-electron chi connectivity index (χ3n) is 6.60. The van der Waals surface area contributed by atoms with Gasteiger partial charge in [0.15, 0.2) is 16.1 Å². The van der Waals surface area contributed by atoms with Gasteiger partial charge in [-0.3, -0.25) is 19.3 Å². The number of ether oxygens (including phenoxy) is 1. The average molecular weight is 502 g/mol. The Hall–Kier alpha value is -4.31. The van der Waals surface area contributed by atoms with Crippen molar-refractivity contribution in [3.63, 3.8) is 0 Å². The number of aryl methyl sites for hydroxylation is 1. The molecule has 36 heavy (non-hydrogen) atoms. The molecular weight excluding hydrogens is 482 g/mol. The van der Waals surface area contributed by atoms with Gasteiger partial charge in [-0.25, -0.2) is 9.78 Å². The Labute approximate surface area is 208 Å². The van der Waals surface area contributed by atoms with Gasteiger partial charge in [-0.15, -0.1) is 0 Å². The molecule has 2 aromatic carbocycles. The molecule has 0 saturated carbocycles. The second kappa shape index (κ2) is 7.59. The first-order chi connectivity index (χ1) is 17.3. The third kappa shape index (κ3) is 2.61. The van der Waals surface area contributed by atoms with Crippen molar-refractivity contribution in [2.24, 2.45) is 0 Å². The number of hydrogen-bond acceptors (Lipinski definition) is 8. The van der Waals surface area contributed by atoms with E-state index in [1.54, 1.807) is 69.4 Å². The fourth-order valence-corrected chi connectivity index (χ4v) is 6.09. The second-order valence-corrected chi connectivity index (χ2v) is 9.47. The number of rotatable bonds is 3. The number of anilines is 2. The number of para-hydroxylation sites is 2. The summed E-state index contributed by atoms with van der Waals surface area (Å²) >= 11 is 0.933. The van der Waals surface area contributed by atoms with E-state index in [9.17, 15) is 19.2 Å². The minimum absolute atomic E-state index is 0.0569. The van der Waals surface area contributed by atoms with Crippen molar-refractivity contribution in [2.75, 3.05) is 23.5 Å². The largest absolute Gasteiger partial charge is 0.462 e. The molecule has 0 radical (unpaired) electrons. The summed E-state index contributed by atoms with van der Waals surface area (Å²) in [6, 6.07) is 13.6. The highest BCUT2D eigenvalue weighted by atomic mass is 32.1. The zero-order valence-corrected chi connectivity index (χ0v) is 20.3. The van der Waals surface area contributed by atoms with E-state index in [2.05, 4.69) is 4.98 Å². The normalized spacial score (nSPS) is 18.3. The number of aromatic nitrogens is 1. The monoisotopic (exact) mass is 501 g/mol. The lowest BCUT2D eigenvalue weighted by Gasteiger charge is -2.31. The van der Waals surface area contributed by atoms with E-state index >= 15 is 0 Å². The van der Waals surface area contributed by atoms with Crippen LogP contribution < -0.4 is 15.2 Å². The van der Waals surface area contributed by atoms with Crippen LogP contribution in [0.25, 0.3) is 11.0 Å². The predicted octanol–water partition coefficient (Wildman–Crippen LogP) is 3.62. The molecule has 9 nitrogen and oxygen atoms in total. The summed E-state index contributed by atoms with van der Waals surface area (Å²) in [5.41, 5.74) is -0.764. The topological polar surface area (TPSA) is 110 Å². The number of carbonyl (C=O) groups is 3. The van der Waals surface area contributed by atoms with Crippen molar-refractivity contribution in [1.82, 2.24) is 4.98 Å². The first-order valence-electron chi connectivity index (χ1n) is 11.3. The predicted molar refractivity (Wildman–Crippen MR) is 133 cm³/mol. The lowest BCUT2D eigenvalue weighted by Crippen LogP contribution is -2.53. The highest BCUT2D eigenvalue weighted by molar-refractivity contribution is 7.17. The summed E-state index contributed by atoms with van der Waals surface area (Å²) in [5, 5.41) is 0.349. The van der Waals surface area contributed by atoms with Gasteiger partial charge in [0.2, 0.25) is 5.76 Å². The first kappa shape index (κ1) is 22.2. The van der Waals surface area contributed by atoms with Crippen LogP contribution >= 0.6 is 11.3 Å². The smallest absolute Gasteiger partial charge is 0.350 e. The summed E-state index contributed by atoms with van der Waals surface area (Å²) in [6.07, 6.45) is 0. The number of hydrogen-bond donors (Lipinski definition) is 0. The first-order valence-corrected chi connectivity index (χ1v) is 12.1. The van der Waals surface area contributed by atoms with Crippen LogP contribution in [0.15, 0.2) is 57.7 Å². The molecule has 2 aliphatic rings. The molecule has 4 heterocycles. The molecule has 1 atom stereocenters. The Kier molecular flexibility index (Phi) is 4.68. The van der Waals surface area contributed by atoms with Crippen molar-refractivity contribution in [3.05, 3.63) is 86.2 Å². The van der Waals surface area contributed by atoms with E-state index in [-0.39, 0.29) is 38.9 Å². The molecule has 6 rings (SSSR count). The molecule has 0 N–H and O–H groups in total. The number of nitrogens with zero attached hydrogens (tertiary/aromatic N) is 3. The highest BCUT2D eigenvalue weighted by Gasteiger charge is 2.66. The SMILES string of the molecule is CCOC(=O)c1sc(N2C(=O)c3oc4ccccc4c(=O)c3C23C(=O)N(C)c2ccccc23)nc1C. The Morgan fingerprint density at radius 2 is 1.83 bits per heavy atom. The van der Waals surface area contributed by atoms with Crippen LogP contribution in [0, 0.1) is 6.92 Å². The maximum Gasteiger partial charge on any atom is 0.350 e. The van der Waals surface area contributed by atoms with Crippen molar-refractivity contribution in [2.45, 2.75) is 19.4 Å². The van der Waals surface area contributed by atoms with E-state index < -0.39 is 28.8 Å². The van der Waals surface area contributed by atoms with E-state index in [0.717, 1.165) is 11.3 Å². The molecule has 180 valence electrons. The lowest BCUT2D eigenvalue weighted by atomic mass is 9.84. The van der Waals surface area contributed by atoms with Gasteiger partial charge in [0, 0.05) is 18.3 Å². The molecule has 0 fully saturated rings. The summed E-state index contributed by atoms with van der Waals surface area (Å²) < 4.78 is 11.1. The van der Waals surface area contributed by atoms with Crippen LogP contribution in [0.1, 0.15) is 44.0 Å². The Bertz CT molecular complexity index is 1690. The van der Waals surface area contributed by atoms with E-state index in [1.165, 1.54) is 9.80 Å². The van der Waals surface area contributed by atoms with Crippen LogP contribution in [0.2, 0.25) is 0 Å². The zero-order chi connectivity index (χ0) is 25.4. The maximum absolute atomic E-state index is 14.1. The molecule has 10 heteroatoms. The number of esters is 1. The fourth-order valence-electron chi connectivity index (χ4n) is 5.08. The molecule has 2 aliphatic heterocycles. The van der Waals surface area contributed by atoms with Gasteiger partial charge >= 0.3 is 5.97 Å². The van der Waals surface area contributed by atoms with E-state index in [1.807, 2.05) is 0 Å². The minimum Gasteiger partial charge on any atom is -0.462 e. The van der Waals surface area contributed by atoms with Gasteiger partial charge in [-0.05, 0) is 32.0 Å². The number of amides is 2. The van der Waals surface area contributed by atoms with E-state index in [4.69, 9.17) is 9.15 Å². The summed E-state index contributed by atoms with van der Waals surface area (Å²) in [5.74, 6) is -1.98. The Morgan fingerprint density at radius 1 is 1.11 bits per heavy atom. The number of likely N-dealkylation sites (N-methyl/N-ethyl adjacent to an activating group) is 1. The molecule has 1 spiro atoms. The van der Waals surface area contributed by atoms with Crippen LogP contribution in [0.4, 0.5) is 10.8 Å². The van der Waals surface area contributed by atoms with Crippen molar-refractivity contribution in [1.29, 1.82) is 0 Å². The van der Waals surface area contributed by atoms with Gasteiger partial charge in [0.1, 0.15) is 10.5 Å². The summed E-state index contributed by atoms with van der Waals surface area (Å²) in [7, 11) is 1.59. The molecule has 0 aliphatic carbocycles. The van der Waals surface area contributed by atoms with Gasteiger partial charge in [0.25, 0.3) is 11.8 Å². The standard InChI is InChI=1S/C26H19N3O6S/c1-4-34-23(32)21-13(2)27-25(36-21)29-22(31)20-18(19(30)14-9-5-8-12-17(14)35-20)26(29)15-10-6-7-11-16(15)28(3)24(26)33/h5-12H,4H2,1-3H3. The number of fused-ring (bicyclic) bond motifs is 5.